The van der Waals surface area contributed by atoms with Crippen LogP contribution in [0.4, 0.5) is 0 Å². The molecule has 5 atom stereocenters. The number of amides is 1. The van der Waals surface area contributed by atoms with Crippen LogP contribution in [0.2, 0.25) is 3.46 Å². The molecule has 6 heteroatoms. The molecule has 0 saturated carbocycles. The van der Waals surface area contributed by atoms with Crippen LogP contribution in [-0.4, -0.2) is 53.8 Å². The van der Waals surface area contributed by atoms with Crippen molar-refractivity contribution in [3.63, 3.8) is 0 Å². The quantitative estimate of drug-likeness (QED) is 0.312. The van der Waals surface area contributed by atoms with Crippen LogP contribution < -0.4 is 5.32 Å². The topological polar surface area (TPSA) is 66.4 Å². The molecule has 2 unspecified atom stereocenters. The summed E-state index contributed by atoms with van der Waals surface area (Å²) in [6.07, 6.45) is 6.98. The second-order valence-corrected chi connectivity index (χ2v) is 9.75. The third kappa shape index (κ3) is 2.06. The van der Waals surface area contributed by atoms with Gasteiger partial charge in [-0.15, -0.1) is 0 Å². The molecular formula is C14H18ClNO3Te. The summed E-state index contributed by atoms with van der Waals surface area (Å²) >= 11 is 4.59. The Balaban J connectivity index is 1.86. The van der Waals surface area contributed by atoms with E-state index in [1.165, 1.54) is 0 Å². The first kappa shape index (κ1) is 14.8. The van der Waals surface area contributed by atoms with Gasteiger partial charge >= 0.3 is 133 Å². The van der Waals surface area contributed by atoms with Crippen LogP contribution in [0.15, 0.2) is 12.2 Å². The molecule has 1 amide bonds. The zero-order valence-electron chi connectivity index (χ0n) is 11.0. The van der Waals surface area contributed by atoms with Gasteiger partial charge in [-0.25, -0.2) is 0 Å². The van der Waals surface area contributed by atoms with Crippen molar-refractivity contribution in [3.8, 4) is 0 Å². The average molecular weight is 411 g/mol. The maximum atomic E-state index is 12.2. The predicted molar refractivity (Wildman–Crippen MR) is 76.7 cm³/mol. The first-order valence-corrected chi connectivity index (χ1v) is 9.92. The molecule has 110 valence electrons. The molecule has 20 heavy (non-hydrogen) atoms. The number of alkyl halides is 1. The number of rotatable bonds is 4. The molecule has 0 aromatic carbocycles. The molecule has 4 nitrogen and oxygen atoms in total. The Kier molecular flexibility index (Phi) is 4.16. The van der Waals surface area contributed by atoms with Gasteiger partial charge in [0.05, 0.1) is 0 Å². The Hall–Kier alpha value is -0.0804. The van der Waals surface area contributed by atoms with E-state index in [0.29, 0.717) is 12.3 Å². The van der Waals surface area contributed by atoms with Crippen molar-refractivity contribution < 1.29 is 14.7 Å². The fourth-order valence-electron chi connectivity index (χ4n) is 3.51. The molecule has 2 heterocycles. The van der Waals surface area contributed by atoms with Crippen molar-refractivity contribution in [2.45, 2.75) is 41.3 Å². The van der Waals surface area contributed by atoms with E-state index < -0.39 is 30.5 Å². The number of nitrogens with one attached hydrogen (secondary N) is 1. The van der Waals surface area contributed by atoms with Crippen LogP contribution in [0.3, 0.4) is 0 Å². The molecule has 3 rings (SSSR count). The molecule has 0 radical (unpaired) electrons. The van der Waals surface area contributed by atoms with Crippen LogP contribution in [-0.2, 0) is 9.59 Å². The predicted octanol–water partition coefficient (Wildman–Crippen LogP) is 0.850. The number of β-lactam (4-membered cyclic amide) rings is 1. The van der Waals surface area contributed by atoms with Crippen LogP contribution >= 0.6 is 11.6 Å². The average Bonchev–Trinajstić information content (AvgIpc) is 2.69. The monoisotopic (exact) mass is 413 g/mol. The number of hydrogen-bond donors (Lipinski definition) is 2. The van der Waals surface area contributed by atoms with E-state index in [9.17, 15) is 14.7 Å². The van der Waals surface area contributed by atoms with Crippen molar-refractivity contribution in [1.82, 2.24) is 5.32 Å². The van der Waals surface area contributed by atoms with Crippen LogP contribution in [0.1, 0.15) is 25.7 Å². The van der Waals surface area contributed by atoms with Crippen molar-refractivity contribution in [2.24, 2.45) is 11.8 Å². The van der Waals surface area contributed by atoms with Gasteiger partial charge in [0.15, 0.2) is 0 Å². The first-order chi connectivity index (χ1) is 9.61. The third-order valence-corrected chi connectivity index (χ3v) is 9.20. The van der Waals surface area contributed by atoms with Gasteiger partial charge in [-0.2, -0.15) is 0 Å². The number of aliphatic hydroxyl groups is 1. The molecule has 2 saturated heterocycles. The number of aliphatic hydroxyl groups excluding tert-OH is 1. The SMILES string of the molecule is O=C1[Te][C@@]2([C@@H](O)C3C=CCCC3)C(=O)N[C@H]2C1CCCl. The second-order valence-electron chi connectivity index (χ2n) is 5.72. The number of halogens is 1. The molecule has 2 fully saturated rings. The summed E-state index contributed by atoms with van der Waals surface area (Å²) in [6, 6.07) is -0.172. The van der Waals surface area contributed by atoms with Gasteiger partial charge in [-0.05, 0) is 0 Å². The minimum atomic E-state index is -1.18. The zero-order valence-corrected chi connectivity index (χ0v) is 14.1. The molecule has 2 N–H and O–H groups in total. The van der Waals surface area contributed by atoms with Crippen LogP contribution in [0.5, 0.6) is 0 Å². The summed E-state index contributed by atoms with van der Waals surface area (Å²) in [7, 11) is 0. The molecule has 0 aromatic heterocycles. The normalized spacial score (nSPS) is 41.0. The van der Waals surface area contributed by atoms with Gasteiger partial charge < -0.3 is 0 Å². The Bertz CT molecular complexity index is 469. The Morgan fingerprint density at radius 3 is 2.95 bits per heavy atom. The summed E-state index contributed by atoms with van der Waals surface area (Å²) in [5.74, 6) is 0.159. The van der Waals surface area contributed by atoms with E-state index in [4.69, 9.17) is 11.6 Å². The Morgan fingerprint density at radius 2 is 2.35 bits per heavy atom. The second kappa shape index (κ2) is 5.61. The van der Waals surface area contributed by atoms with Crippen molar-refractivity contribution in [1.29, 1.82) is 0 Å². The van der Waals surface area contributed by atoms with Gasteiger partial charge in [-0.3, -0.25) is 0 Å². The molecule has 1 aliphatic carbocycles. The van der Waals surface area contributed by atoms with E-state index in [0.717, 1.165) is 19.3 Å². The summed E-state index contributed by atoms with van der Waals surface area (Å²) < 4.78 is -0.580. The number of allylic oxidation sites excluding steroid dienone is 1. The summed E-state index contributed by atoms with van der Waals surface area (Å²) in [6.45, 7) is 0. The molecule has 3 aliphatic rings. The van der Waals surface area contributed by atoms with E-state index >= 15 is 0 Å². The molecule has 0 aromatic rings. The summed E-state index contributed by atoms with van der Waals surface area (Å²) in [5.41, 5.74) is 0. The summed E-state index contributed by atoms with van der Waals surface area (Å²) in [5, 5.41) is 13.6. The number of carbonyl (C=O) groups excluding carboxylic acids is 2. The Morgan fingerprint density at radius 1 is 1.55 bits per heavy atom. The molecule has 0 spiro atoms. The van der Waals surface area contributed by atoms with Gasteiger partial charge in [0, 0.05) is 0 Å². The molecular weight excluding hydrogens is 393 g/mol. The van der Waals surface area contributed by atoms with Gasteiger partial charge in [0.1, 0.15) is 0 Å². The first-order valence-electron chi connectivity index (χ1n) is 7.05. The van der Waals surface area contributed by atoms with Crippen molar-refractivity contribution in [2.75, 3.05) is 5.88 Å². The number of fused-ring (bicyclic) bond motifs is 1. The van der Waals surface area contributed by atoms with Crippen LogP contribution in [0.25, 0.3) is 0 Å². The van der Waals surface area contributed by atoms with E-state index in [2.05, 4.69) is 11.4 Å². The number of hydrogen-bond acceptors (Lipinski definition) is 3. The van der Waals surface area contributed by atoms with E-state index in [1.807, 2.05) is 6.08 Å². The van der Waals surface area contributed by atoms with Crippen molar-refractivity contribution in [3.05, 3.63) is 12.2 Å². The third-order valence-electron chi connectivity index (χ3n) is 4.63. The standard InChI is InChI=1S/C14H18ClNO3Te/c15-7-6-9-10-14(13(19)16-10,20-12(9)18)11(17)8-4-2-1-3-5-8/h2,4,8-11,17H,1,3,5-7H2,(H,16,19)/t8?,9?,10-,11-,14-/m0/s1. The molecule has 2 aliphatic heterocycles. The number of carbonyl (C=O) groups is 2. The van der Waals surface area contributed by atoms with Gasteiger partial charge in [-0.1, -0.05) is 0 Å². The van der Waals surface area contributed by atoms with Crippen molar-refractivity contribution >= 4 is 42.3 Å². The zero-order chi connectivity index (χ0) is 14.3. The van der Waals surface area contributed by atoms with Gasteiger partial charge in [0.25, 0.3) is 0 Å². The Labute approximate surface area is 133 Å². The maximum absolute atomic E-state index is 12.2. The van der Waals surface area contributed by atoms with E-state index in [-0.39, 0.29) is 27.6 Å². The minimum absolute atomic E-state index is 0.0185. The fourth-order valence-corrected chi connectivity index (χ4v) is 8.13. The van der Waals surface area contributed by atoms with Crippen LogP contribution in [0, 0.1) is 11.8 Å². The fraction of sp³-hybridized carbons (Fsp3) is 0.714. The van der Waals surface area contributed by atoms with Gasteiger partial charge in [0.2, 0.25) is 0 Å². The molecule has 0 bridgehead atoms. The summed E-state index contributed by atoms with van der Waals surface area (Å²) in [4.78, 5) is 24.4. The van der Waals surface area contributed by atoms with E-state index in [1.54, 1.807) is 0 Å².